The van der Waals surface area contributed by atoms with Gasteiger partial charge in [-0.1, -0.05) is 37.3 Å². The van der Waals surface area contributed by atoms with Crippen LogP contribution in [0.25, 0.3) is 0 Å². The Morgan fingerprint density at radius 2 is 1.95 bits per heavy atom. The van der Waals surface area contributed by atoms with E-state index < -0.39 is 0 Å². The van der Waals surface area contributed by atoms with Crippen LogP contribution in [0.3, 0.4) is 0 Å². The summed E-state index contributed by atoms with van der Waals surface area (Å²) in [6, 6.07) is 11.6. The summed E-state index contributed by atoms with van der Waals surface area (Å²) in [6.45, 7) is 6.57. The quantitative estimate of drug-likeness (QED) is 0.777. The zero-order chi connectivity index (χ0) is 13.7. The molecule has 1 aromatic carbocycles. The monoisotopic (exact) mass is 260 g/mol. The third kappa shape index (κ3) is 3.80. The Balaban J connectivity index is 1.99. The molecule has 2 heteroatoms. The van der Waals surface area contributed by atoms with E-state index in [4.69, 9.17) is 5.73 Å². The van der Waals surface area contributed by atoms with Gasteiger partial charge in [-0.15, -0.1) is 0 Å². The Bertz CT molecular complexity index is 372. The first-order chi connectivity index (χ1) is 9.19. The lowest BCUT2D eigenvalue weighted by Crippen LogP contribution is -2.53. The number of hydrogen-bond acceptors (Lipinski definition) is 2. The first-order valence-electron chi connectivity index (χ1n) is 7.70. The summed E-state index contributed by atoms with van der Waals surface area (Å²) < 4.78 is 0. The minimum Gasteiger partial charge on any atom is -0.329 e. The topological polar surface area (TPSA) is 29.3 Å². The number of benzene rings is 1. The molecule has 0 saturated heterocycles. The van der Waals surface area contributed by atoms with E-state index in [-0.39, 0.29) is 5.54 Å². The molecule has 0 aliphatic heterocycles. The zero-order valence-electron chi connectivity index (χ0n) is 12.4. The summed E-state index contributed by atoms with van der Waals surface area (Å²) in [5.74, 6) is 0. The zero-order valence-corrected chi connectivity index (χ0v) is 12.4. The second kappa shape index (κ2) is 6.53. The van der Waals surface area contributed by atoms with Gasteiger partial charge in [0.05, 0.1) is 0 Å². The van der Waals surface area contributed by atoms with Crippen LogP contribution in [0.1, 0.15) is 45.1 Å². The smallest absolute Gasteiger partial charge is 0.0309 e. The number of nitrogens with zero attached hydrogens (tertiary/aromatic N) is 1. The summed E-state index contributed by atoms with van der Waals surface area (Å²) >= 11 is 0. The highest BCUT2D eigenvalue weighted by Gasteiger charge is 2.39. The average Bonchev–Trinajstić information content (AvgIpc) is 3.28. The second-order valence-electron chi connectivity index (χ2n) is 6.11. The van der Waals surface area contributed by atoms with E-state index in [0.29, 0.717) is 0 Å². The molecule has 19 heavy (non-hydrogen) atoms. The first-order valence-corrected chi connectivity index (χ1v) is 7.70. The number of hydrogen-bond donors (Lipinski definition) is 1. The van der Waals surface area contributed by atoms with Gasteiger partial charge in [0.25, 0.3) is 0 Å². The molecular weight excluding hydrogens is 232 g/mol. The molecular formula is C17H28N2. The Hall–Kier alpha value is -0.860. The third-order valence-corrected chi connectivity index (χ3v) is 4.38. The lowest BCUT2D eigenvalue weighted by Gasteiger charge is -2.41. The molecule has 0 amide bonds. The summed E-state index contributed by atoms with van der Waals surface area (Å²) in [7, 11) is 0. The van der Waals surface area contributed by atoms with Crippen LogP contribution < -0.4 is 5.73 Å². The molecule has 1 atom stereocenters. The van der Waals surface area contributed by atoms with Crippen molar-refractivity contribution in [3.8, 4) is 0 Å². The fourth-order valence-electron chi connectivity index (χ4n) is 2.94. The number of nitrogens with two attached hydrogens (primary N) is 1. The van der Waals surface area contributed by atoms with E-state index in [1.807, 2.05) is 0 Å². The Kier molecular flexibility index (Phi) is 5.00. The third-order valence-electron chi connectivity index (χ3n) is 4.38. The molecule has 0 bridgehead atoms. The molecule has 1 aliphatic rings. The van der Waals surface area contributed by atoms with E-state index in [0.717, 1.165) is 25.4 Å². The van der Waals surface area contributed by atoms with Gasteiger partial charge in [0.15, 0.2) is 0 Å². The Labute approximate surface area is 118 Å². The minimum atomic E-state index is 0.160. The normalized spacial score (nSPS) is 18.5. The van der Waals surface area contributed by atoms with Crippen molar-refractivity contribution in [2.45, 2.75) is 57.5 Å². The first kappa shape index (κ1) is 14.5. The fraction of sp³-hybridized carbons (Fsp3) is 0.647. The Morgan fingerprint density at radius 3 is 2.47 bits per heavy atom. The van der Waals surface area contributed by atoms with Gasteiger partial charge in [-0.05, 0) is 51.1 Å². The van der Waals surface area contributed by atoms with Crippen LogP contribution in [0.2, 0.25) is 0 Å². The lowest BCUT2D eigenvalue weighted by atomic mass is 9.90. The molecule has 2 N–H and O–H groups in total. The van der Waals surface area contributed by atoms with Gasteiger partial charge < -0.3 is 5.73 Å². The molecule has 1 saturated carbocycles. The van der Waals surface area contributed by atoms with Crippen LogP contribution in [0.15, 0.2) is 30.3 Å². The van der Waals surface area contributed by atoms with Crippen molar-refractivity contribution in [3.05, 3.63) is 35.9 Å². The van der Waals surface area contributed by atoms with Gasteiger partial charge >= 0.3 is 0 Å². The van der Waals surface area contributed by atoms with Gasteiger partial charge in [-0.25, -0.2) is 0 Å². The molecule has 1 fully saturated rings. The summed E-state index contributed by atoms with van der Waals surface area (Å²) in [6.07, 6.45) is 6.23. The van der Waals surface area contributed by atoms with Crippen LogP contribution >= 0.6 is 0 Å². The maximum atomic E-state index is 6.13. The van der Waals surface area contributed by atoms with E-state index in [2.05, 4.69) is 49.1 Å². The van der Waals surface area contributed by atoms with E-state index >= 15 is 0 Å². The van der Waals surface area contributed by atoms with Crippen LogP contribution in [0.4, 0.5) is 0 Å². The lowest BCUT2D eigenvalue weighted by molar-refractivity contribution is 0.0923. The standard InChI is InChI=1S/C17H28N2/c1-3-13-19(16-9-10-16)17(2,14-18)12-11-15-7-5-4-6-8-15/h4-8,16H,3,9-14,18H2,1-2H3. The fourth-order valence-corrected chi connectivity index (χ4v) is 2.94. The predicted molar refractivity (Wildman–Crippen MR) is 82.2 cm³/mol. The van der Waals surface area contributed by atoms with Crippen LogP contribution in [0.5, 0.6) is 0 Å². The van der Waals surface area contributed by atoms with Crippen molar-refractivity contribution in [1.82, 2.24) is 4.90 Å². The van der Waals surface area contributed by atoms with Gasteiger partial charge in [-0.2, -0.15) is 0 Å². The van der Waals surface area contributed by atoms with Gasteiger partial charge in [0.1, 0.15) is 0 Å². The van der Waals surface area contributed by atoms with Gasteiger partial charge in [-0.3, -0.25) is 4.90 Å². The van der Waals surface area contributed by atoms with Gasteiger partial charge in [0, 0.05) is 18.1 Å². The van der Waals surface area contributed by atoms with Crippen LogP contribution in [-0.2, 0) is 6.42 Å². The van der Waals surface area contributed by atoms with Crippen molar-refractivity contribution >= 4 is 0 Å². The molecule has 106 valence electrons. The summed E-state index contributed by atoms with van der Waals surface area (Å²) in [5, 5.41) is 0. The molecule has 1 aromatic rings. The molecule has 0 radical (unpaired) electrons. The molecule has 1 unspecified atom stereocenters. The summed E-state index contributed by atoms with van der Waals surface area (Å²) in [5.41, 5.74) is 7.71. The molecule has 2 rings (SSSR count). The van der Waals surface area contributed by atoms with Crippen molar-refractivity contribution in [2.24, 2.45) is 5.73 Å². The van der Waals surface area contributed by atoms with E-state index in [1.54, 1.807) is 0 Å². The van der Waals surface area contributed by atoms with Crippen molar-refractivity contribution < 1.29 is 0 Å². The van der Waals surface area contributed by atoms with Crippen molar-refractivity contribution in [3.63, 3.8) is 0 Å². The highest BCUT2D eigenvalue weighted by Crippen LogP contribution is 2.34. The molecule has 2 nitrogen and oxygen atoms in total. The second-order valence-corrected chi connectivity index (χ2v) is 6.11. The molecule has 1 aliphatic carbocycles. The predicted octanol–water partition coefficient (Wildman–Crippen LogP) is 3.21. The molecule has 0 spiro atoms. The molecule has 0 heterocycles. The largest absolute Gasteiger partial charge is 0.329 e. The summed E-state index contributed by atoms with van der Waals surface area (Å²) in [4.78, 5) is 2.68. The van der Waals surface area contributed by atoms with Crippen molar-refractivity contribution in [2.75, 3.05) is 13.1 Å². The van der Waals surface area contributed by atoms with Crippen LogP contribution in [-0.4, -0.2) is 29.6 Å². The molecule has 0 aromatic heterocycles. The van der Waals surface area contributed by atoms with Crippen LogP contribution in [0, 0.1) is 0 Å². The minimum absolute atomic E-state index is 0.160. The SMILES string of the molecule is CCCN(C1CC1)C(C)(CN)CCc1ccccc1. The average molecular weight is 260 g/mol. The van der Waals surface area contributed by atoms with Crippen molar-refractivity contribution in [1.29, 1.82) is 0 Å². The number of aryl methyl sites for hydroxylation is 1. The maximum Gasteiger partial charge on any atom is 0.0309 e. The maximum absolute atomic E-state index is 6.13. The van der Waals surface area contributed by atoms with Gasteiger partial charge in [0.2, 0.25) is 0 Å². The highest BCUT2D eigenvalue weighted by molar-refractivity contribution is 5.15. The number of rotatable bonds is 8. The Morgan fingerprint density at radius 1 is 1.26 bits per heavy atom. The highest BCUT2D eigenvalue weighted by atomic mass is 15.2. The van der Waals surface area contributed by atoms with E-state index in [1.165, 1.54) is 31.4 Å². The van der Waals surface area contributed by atoms with E-state index in [9.17, 15) is 0 Å².